The van der Waals surface area contributed by atoms with Crippen molar-refractivity contribution < 1.29 is 33.0 Å². The Morgan fingerprint density at radius 3 is 2.56 bits per heavy atom. The third-order valence-corrected chi connectivity index (χ3v) is 4.36. The summed E-state index contributed by atoms with van der Waals surface area (Å²) in [6.45, 7) is -2.28. The molecule has 6 nitrogen and oxygen atoms in total. The molecule has 1 fully saturated rings. The highest BCUT2D eigenvalue weighted by molar-refractivity contribution is 5.81. The Balaban J connectivity index is 1.87. The molecule has 1 amide bonds. The van der Waals surface area contributed by atoms with Gasteiger partial charge in [0.25, 0.3) is 0 Å². The van der Waals surface area contributed by atoms with Crippen molar-refractivity contribution >= 4 is 11.9 Å². The quantitative estimate of drug-likeness (QED) is 0.772. The van der Waals surface area contributed by atoms with Crippen molar-refractivity contribution in [1.29, 1.82) is 0 Å². The minimum Gasteiger partial charge on any atom is -0.481 e. The molecule has 0 spiro atoms. The summed E-state index contributed by atoms with van der Waals surface area (Å²) < 4.78 is 33.5. The van der Waals surface area contributed by atoms with Crippen molar-refractivity contribution in [2.45, 2.75) is 25.9 Å². The summed E-state index contributed by atoms with van der Waals surface area (Å²) in [5.74, 6) is -1.03. The summed E-state index contributed by atoms with van der Waals surface area (Å²) in [5, 5.41) is 9.41. The number of nitrogens with zero attached hydrogens (tertiary/aromatic N) is 1. The summed E-state index contributed by atoms with van der Waals surface area (Å²) in [4.78, 5) is 25.3. The molecule has 8 heteroatoms. The number of aryl methyl sites for hydroxylation is 1. The third-order valence-electron chi connectivity index (χ3n) is 4.36. The number of methoxy groups -OCH3 is 1. The Kier molecular flexibility index (Phi) is 6.30. The molecule has 1 N–H and O–H groups in total. The van der Waals surface area contributed by atoms with Crippen LogP contribution in [0.1, 0.15) is 18.4 Å². The molecule has 0 aromatic heterocycles. The predicted octanol–water partition coefficient (Wildman–Crippen LogP) is 2.17. The van der Waals surface area contributed by atoms with Crippen LogP contribution in [0.5, 0.6) is 5.75 Å². The van der Waals surface area contributed by atoms with Crippen LogP contribution >= 0.6 is 0 Å². The first kappa shape index (κ1) is 19.1. The van der Waals surface area contributed by atoms with Crippen LogP contribution in [0.4, 0.5) is 8.78 Å². The van der Waals surface area contributed by atoms with Gasteiger partial charge in [0, 0.05) is 26.6 Å². The smallest absolute Gasteiger partial charge is 0.387 e. The van der Waals surface area contributed by atoms with Gasteiger partial charge in [-0.15, -0.1) is 0 Å². The lowest BCUT2D eigenvalue weighted by molar-refractivity contribution is -0.151. The van der Waals surface area contributed by atoms with E-state index < -0.39 is 18.0 Å². The number of benzene rings is 1. The number of likely N-dealkylation sites (tertiary alicyclic amines) is 1. The Bertz CT molecular complexity index is 608. The van der Waals surface area contributed by atoms with E-state index in [-0.39, 0.29) is 31.2 Å². The zero-order chi connectivity index (χ0) is 18.4. The minimum atomic E-state index is -2.87. The van der Waals surface area contributed by atoms with E-state index >= 15 is 0 Å². The van der Waals surface area contributed by atoms with E-state index in [9.17, 15) is 23.5 Å². The van der Waals surface area contributed by atoms with E-state index in [2.05, 4.69) is 4.74 Å². The first-order valence-electron chi connectivity index (χ1n) is 7.90. The maximum absolute atomic E-state index is 12.3. The Labute approximate surface area is 144 Å². The molecule has 0 bridgehead atoms. The van der Waals surface area contributed by atoms with Gasteiger partial charge in [0.1, 0.15) is 11.2 Å². The molecule has 1 unspecified atom stereocenters. The highest BCUT2D eigenvalue weighted by Gasteiger charge is 2.46. The zero-order valence-corrected chi connectivity index (χ0v) is 13.9. The van der Waals surface area contributed by atoms with Crippen LogP contribution in [0.2, 0.25) is 0 Å². The lowest BCUT2D eigenvalue weighted by Crippen LogP contribution is -2.40. The highest BCUT2D eigenvalue weighted by Crippen LogP contribution is 2.31. The number of rotatable bonds is 8. The maximum Gasteiger partial charge on any atom is 0.387 e. The summed E-state index contributed by atoms with van der Waals surface area (Å²) in [6, 6.07) is 6.11. The molecule has 0 radical (unpaired) electrons. The number of hydrogen-bond acceptors (Lipinski definition) is 4. The number of carboxylic acid groups (broad SMARTS) is 1. The molecule has 25 heavy (non-hydrogen) atoms. The van der Waals surface area contributed by atoms with E-state index in [0.29, 0.717) is 19.4 Å². The molecule has 1 heterocycles. The van der Waals surface area contributed by atoms with Gasteiger partial charge >= 0.3 is 12.6 Å². The van der Waals surface area contributed by atoms with Gasteiger partial charge < -0.3 is 19.5 Å². The number of carbonyl (C=O) groups excluding carboxylic acids is 1. The van der Waals surface area contributed by atoms with Crippen LogP contribution in [-0.2, 0) is 20.7 Å². The molecular formula is C17H21F2NO5. The summed E-state index contributed by atoms with van der Waals surface area (Å²) >= 11 is 0. The van der Waals surface area contributed by atoms with Gasteiger partial charge in [-0.1, -0.05) is 12.1 Å². The molecular weight excluding hydrogens is 336 g/mol. The van der Waals surface area contributed by atoms with Gasteiger partial charge in [-0.25, -0.2) is 0 Å². The van der Waals surface area contributed by atoms with Crippen molar-refractivity contribution in [3.63, 3.8) is 0 Å². The Hall–Kier alpha value is -2.22. The SMILES string of the molecule is COCC1(C(=O)O)CCN(C(=O)CCc2ccc(OC(F)F)cc2)C1. The van der Waals surface area contributed by atoms with Gasteiger partial charge in [0.2, 0.25) is 5.91 Å². The van der Waals surface area contributed by atoms with Crippen molar-refractivity contribution in [2.24, 2.45) is 5.41 Å². The summed E-state index contributed by atoms with van der Waals surface area (Å²) in [6.07, 6.45) is 1.02. The summed E-state index contributed by atoms with van der Waals surface area (Å²) in [7, 11) is 1.44. The second kappa shape index (κ2) is 8.24. The predicted molar refractivity (Wildman–Crippen MR) is 84.5 cm³/mol. The number of carbonyl (C=O) groups is 2. The third kappa shape index (κ3) is 4.88. The minimum absolute atomic E-state index is 0.0652. The fourth-order valence-corrected chi connectivity index (χ4v) is 2.96. The lowest BCUT2D eigenvalue weighted by atomic mass is 9.88. The van der Waals surface area contributed by atoms with Crippen molar-refractivity contribution in [3.05, 3.63) is 29.8 Å². The van der Waals surface area contributed by atoms with Crippen LogP contribution < -0.4 is 4.74 Å². The van der Waals surface area contributed by atoms with Crippen LogP contribution in [0.25, 0.3) is 0 Å². The molecule has 138 valence electrons. The monoisotopic (exact) mass is 357 g/mol. The molecule has 2 rings (SSSR count). The number of aliphatic carboxylic acids is 1. The Morgan fingerprint density at radius 1 is 1.32 bits per heavy atom. The van der Waals surface area contributed by atoms with Crippen LogP contribution in [0, 0.1) is 5.41 Å². The molecule has 1 atom stereocenters. The first-order valence-corrected chi connectivity index (χ1v) is 7.90. The van der Waals surface area contributed by atoms with Gasteiger partial charge in [0.05, 0.1) is 6.61 Å². The fraction of sp³-hybridized carbons (Fsp3) is 0.529. The van der Waals surface area contributed by atoms with E-state index in [0.717, 1.165) is 5.56 Å². The van der Waals surface area contributed by atoms with Gasteiger partial charge in [-0.2, -0.15) is 8.78 Å². The number of amides is 1. The standard InChI is InChI=1S/C17H21F2NO5/c1-24-11-17(15(22)23)8-9-20(10-17)14(21)7-4-12-2-5-13(6-3-12)25-16(18)19/h2-3,5-6,16H,4,7-11H2,1H3,(H,22,23). The maximum atomic E-state index is 12.3. The average Bonchev–Trinajstić information content (AvgIpc) is 2.99. The molecule has 1 aromatic carbocycles. The molecule has 1 aliphatic rings. The van der Waals surface area contributed by atoms with Crippen molar-refractivity contribution in [3.8, 4) is 5.75 Å². The molecule has 1 saturated heterocycles. The van der Waals surface area contributed by atoms with Gasteiger partial charge in [-0.3, -0.25) is 9.59 Å². The molecule has 0 saturated carbocycles. The fourth-order valence-electron chi connectivity index (χ4n) is 2.96. The molecule has 1 aliphatic heterocycles. The van der Waals surface area contributed by atoms with E-state index in [1.807, 2.05) is 0 Å². The summed E-state index contributed by atoms with van der Waals surface area (Å²) in [5.41, 5.74) is -0.228. The van der Waals surface area contributed by atoms with E-state index in [4.69, 9.17) is 4.74 Å². The van der Waals surface area contributed by atoms with Crippen molar-refractivity contribution in [2.75, 3.05) is 26.8 Å². The number of carboxylic acids is 1. The topological polar surface area (TPSA) is 76.1 Å². The average molecular weight is 357 g/mol. The normalized spacial score (nSPS) is 20.1. The van der Waals surface area contributed by atoms with Gasteiger partial charge in [0.15, 0.2) is 0 Å². The lowest BCUT2D eigenvalue weighted by Gasteiger charge is -2.23. The van der Waals surface area contributed by atoms with Crippen LogP contribution in [0.3, 0.4) is 0 Å². The van der Waals surface area contributed by atoms with Crippen molar-refractivity contribution in [1.82, 2.24) is 4.90 Å². The number of alkyl halides is 2. The van der Waals surface area contributed by atoms with E-state index in [1.165, 1.54) is 19.2 Å². The molecule has 0 aliphatic carbocycles. The number of ether oxygens (including phenoxy) is 2. The van der Waals surface area contributed by atoms with Crippen LogP contribution in [0.15, 0.2) is 24.3 Å². The number of hydrogen-bond donors (Lipinski definition) is 1. The largest absolute Gasteiger partial charge is 0.481 e. The second-order valence-corrected chi connectivity index (χ2v) is 6.11. The zero-order valence-electron chi connectivity index (χ0n) is 13.9. The van der Waals surface area contributed by atoms with Crippen LogP contribution in [-0.4, -0.2) is 55.3 Å². The Morgan fingerprint density at radius 2 is 2.00 bits per heavy atom. The highest BCUT2D eigenvalue weighted by atomic mass is 19.3. The molecule has 1 aromatic rings. The number of halogens is 2. The first-order chi connectivity index (χ1) is 11.9. The van der Waals surface area contributed by atoms with Gasteiger partial charge in [-0.05, 0) is 30.5 Å². The van der Waals surface area contributed by atoms with E-state index in [1.54, 1.807) is 17.0 Å². The second-order valence-electron chi connectivity index (χ2n) is 6.11.